The molecule has 1 rings (SSSR count). The molecule has 3 heteroatoms. The molecule has 0 aromatic carbocycles. The number of carboxylic acids is 1. The number of aliphatic carboxylic acids is 1. The van der Waals surface area contributed by atoms with Gasteiger partial charge in [-0.25, -0.2) is 0 Å². The summed E-state index contributed by atoms with van der Waals surface area (Å²) in [5, 5.41) is 18.8. The maximum Gasteiger partial charge on any atom is 0.309 e. The van der Waals surface area contributed by atoms with Gasteiger partial charge in [-0.3, -0.25) is 4.79 Å². The van der Waals surface area contributed by atoms with Crippen molar-refractivity contribution < 1.29 is 15.0 Å². The Morgan fingerprint density at radius 3 is 1.85 bits per heavy atom. The van der Waals surface area contributed by atoms with E-state index in [2.05, 4.69) is 0 Å². The van der Waals surface area contributed by atoms with Crippen LogP contribution in [0.1, 0.15) is 34.1 Å². The minimum atomic E-state index is -0.886. The highest BCUT2D eigenvalue weighted by Gasteiger charge is 2.55. The highest BCUT2D eigenvalue weighted by Crippen LogP contribution is 2.52. The summed E-state index contributed by atoms with van der Waals surface area (Å²) in [6.07, 6.45) is 0.0120. The predicted octanol–water partition coefficient (Wildman–Crippen LogP) is 1.50. The minimum Gasteiger partial charge on any atom is -0.481 e. The Morgan fingerprint density at radius 2 is 1.69 bits per heavy atom. The normalized spacial score (nSPS) is 36.1. The molecule has 2 N–H and O–H groups in total. The molecule has 2 atom stereocenters. The van der Waals surface area contributed by atoms with E-state index in [4.69, 9.17) is 5.11 Å². The smallest absolute Gasteiger partial charge is 0.309 e. The van der Waals surface area contributed by atoms with Crippen LogP contribution in [0.5, 0.6) is 0 Å². The molecule has 0 aromatic heterocycles. The molecular formula is C10H18O3. The van der Waals surface area contributed by atoms with Gasteiger partial charge in [0.25, 0.3) is 0 Å². The molecule has 1 aliphatic rings. The molecule has 0 unspecified atom stereocenters. The molecule has 0 saturated heterocycles. The van der Waals surface area contributed by atoms with Crippen molar-refractivity contribution in [2.45, 2.75) is 40.2 Å². The van der Waals surface area contributed by atoms with Gasteiger partial charge >= 0.3 is 5.97 Å². The largest absolute Gasteiger partial charge is 0.481 e. The second-order valence-corrected chi connectivity index (χ2v) is 5.41. The van der Waals surface area contributed by atoms with Gasteiger partial charge < -0.3 is 10.2 Å². The van der Waals surface area contributed by atoms with Crippen molar-refractivity contribution >= 4 is 5.97 Å². The van der Waals surface area contributed by atoms with Gasteiger partial charge in [0.2, 0.25) is 0 Å². The fraction of sp³-hybridized carbons (Fsp3) is 0.900. The van der Waals surface area contributed by atoms with Crippen molar-refractivity contribution in [1.82, 2.24) is 0 Å². The van der Waals surface area contributed by atoms with E-state index in [1.807, 2.05) is 27.7 Å². The van der Waals surface area contributed by atoms with Crippen LogP contribution < -0.4 is 0 Å². The first-order valence-corrected chi connectivity index (χ1v) is 4.59. The van der Waals surface area contributed by atoms with Crippen LogP contribution in [-0.4, -0.2) is 22.3 Å². The summed E-state index contributed by atoms with van der Waals surface area (Å²) in [5.74, 6) is -1.52. The molecule has 0 heterocycles. The molecule has 0 amide bonds. The third-order valence-corrected chi connectivity index (χ3v) is 3.14. The zero-order valence-electron chi connectivity index (χ0n) is 8.66. The summed E-state index contributed by atoms with van der Waals surface area (Å²) >= 11 is 0. The van der Waals surface area contributed by atoms with E-state index >= 15 is 0 Å². The van der Waals surface area contributed by atoms with Crippen molar-refractivity contribution in [1.29, 1.82) is 0 Å². The van der Waals surface area contributed by atoms with Gasteiger partial charge in [-0.2, -0.15) is 0 Å². The number of aliphatic hydroxyl groups is 1. The summed E-state index contributed by atoms with van der Waals surface area (Å²) in [6.45, 7) is 7.65. The summed E-state index contributed by atoms with van der Waals surface area (Å²) in [6, 6.07) is 0. The lowest BCUT2D eigenvalue weighted by atomic mass is 9.81. The van der Waals surface area contributed by atoms with Gasteiger partial charge in [-0.1, -0.05) is 27.7 Å². The third kappa shape index (κ3) is 1.57. The first kappa shape index (κ1) is 10.5. The first-order chi connectivity index (χ1) is 5.68. The van der Waals surface area contributed by atoms with E-state index in [0.29, 0.717) is 0 Å². The highest BCUT2D eigenvalue weighted by molar-refractivity contribution is 5.72. The second kappa shape index (κ2) is 2.71. The van der Waals surface area contributed by atoms with Crippen LogP contribution in [-0.2, 0) is 4.79 Å². The van der Waals surface area contributed by atoms with Gasteiger partial charge in [0.1, 0.15) is 0 Å². The molecule has 1 fully saturated rings. The van der Waals surface area contributed by atoms with Crippen molar-refractivity contribution in [2.24, 2.45) is 16.7 Å². The lowest BCUT2D eigenvalue weighted by molar-refractivity contribution is -0.149. The lowest BCUT2D eigenvalue weighted by Gasteiger charge is -2.24. The summed E-state index contributed by atoms with van der Waals surface area (Å²) in [5.41, 5.74) is -0.596. The third-order valence-electron chi connectivity index (χ3n) is 3.14. The van der Waals surface area contributed by atoms with E-state index in [0.717, 1.165) is 6.42 Å². The minimum absolute atomic E-state index is 0.285. The Bertz CT molecular complexity index is 230. The van der Waals surface area contributed by atoms with E-state index < -0.39 is 18.0 Å². The van der Waals surface area contributed by atoms with Crippen LogP contribution in [0.2, 0.25) is 0 Å². The number of carboxylic acid groups (broad SMARTS) is 1. The Labute approximate surface area is 78.8 Å². The van der Waals surface area contributed by atoms with Gasteiger partial charge in [-0.05, 0) is 17.3 Å². The molecule has 0 aliphatic heterocycles. The van der Waals surface area contributed by atoms with Crippen molar-refractivity contribution in [2.75, 3.05) is 0 Å². The van der Waals surface area contributed by atoms with Crippen LogP contribution >= 0.6 is 0 Å². The van der Waals surface area contributed by atoms with Gasteiger partial charge in [0, 0.05) is 0 Å². The van der Waals surface area contributed by atoms with E-state index in [1.165, 1.54) is 0 Å². The topological polar surface area (TPSA) is 57.5 Å². The monoisotopic (exact) mass is 186 g/mol. The Hall–Kier alpha value is -0.570. The molecule has 1 saturated carbocycles. The molecule has 0 aromatic rings. The molecule has 13 heavy (non-hydrogen) atoms. The quantitative estimate of drug-likeness (QED) is 0.652. The van der Waals surface area contributed by atoms with Crippen LogP contribution in [0.4, 0.5) is 0 Å². The molecule has 1 aliphatic carbocycles. The zero-order valence-corrected chi connectivity index (χ0v) is 8.66. The van der Waals surface area contributed by atoms with Gasteiger partial charge in [-0.15, -0.1) is 0 Å². The predicted molar refractivity (Wildman–Crippen MR) is 49.3 cm³/mol. The zero-order chi connectivity index (χ0) is 10.4. The van der Waals surface area contributed by atoms with Gasteiger partial charge in [0.15, 0.2) is 0 Å². The molecule has 3 nitrogen and oxygen atoms in total. The lowest BCUT2D eigenvalue weighted by Crippen LogP contribution is -2.35. The number of hydrogen-bond donors (Lipinski definition) is 2. The molecule has 0 radical (unpaired) electrons. The van der Waals surface area contributed by atoms with Crippen LogP contribution in [0.3, 0.4) is 0 Å². The van der Waals surface area contributed by atoms with E-state index in [-0.39, 0.29) is 10.8 Å². The first-order valence-electron chi connectivity index (χ1n) is 4.59. The number of rotatable bonds is 1. The van der Waals surface area contributed by atoms with E-state index in [1.54, 1.807) is 0 Å². The van der Waals surface area contributed by atoms with Crippen molar-refractivity contribution in [3.05, 3.63) is 0 Å². The fourth-order valence-electron chi connectivity index (χ4n) is 2.74. The Balaban J connectivity index is 3.02. The SMILES string of the molecule is CC1(C)CC(C)(C)[C@@H](C(=O)O)[C@@H]1O. The molecule has 76 valence electrons. The standard InChI is InChI=1S/C10H18O3/c1-9(2)5-10(3,4)7(11)6(9)8(12)13/h6-7,11H,5H2,1-4H3,(H,12,13)/t6-,7+/m1/s1. The van der Waals surface area contributed by atoms with Crippen LogP contribution in [0.15, 0.2) is 0 Å². The van der Waals surface area contributed by atoms with Gasteiger partial charge in [0.05, 0.1) is 12.0 Å². The van der Waals surface area contributed by atoms with Crippen molar-refractivity contribution in [3.63, 3.8) is 0 Å². The molecule has 0 spiro atoms. The van der Waals surface area contributed by atoms with Crippen molar-refractivity contribution in [3.8, 4) is 0 Å². The highest BCUT2D eigenvalue weighted by atomic mass is 16.4. The summed E-state index contributed by atoms with van der Waals surface area (Å²) < 4.78 is 0. The van der Waals surface area contributed by atoms with Crippen LogP contribution in [0.25, 0.3) is 0 Å². The average Bonchev–Trinajstić information content (AvgIpc) is 1.96. The molecular weight excluding hydrogens is 168 g/mol. The molecule has 0 bridgehead atoms. The maximum atomic E-state index is 11.0. The summed E-state index contributed by atoms with van der Waals surface area (Å²) in [7, 11) is 0. The number of aliphatic hydroxyl groups excluding tert-OH is 1. The maximum absolute atomic E-state index is 11.0. The Morgan fingerprint density at radius 1 is 1.23 bits per heavy atom. The van der Waals surface area contributed by atoms with Crippen LogP contribution in [0, 0.1) is 16.7 Å². The van der Waals surface area contributed by atoms with E-state index in [9.17, 15) is 9.90 Å². The average molecular weight is 186 g/mol. The summed E-state index contributed by atoms with van der Waals surface area (Å²) in [4.78, 5) is 11.0. The second-order valence-electron chi connectivity index (χ2n) is 5.41. The fourth-order valence-corrected chi connectivity index (χ4v) is 2.74. The number of hydrogen-bond acceptors (Lipinski definition) is 2. The Kier molecular flexibility index (Phi) is 2.19. The number of carbonyl (C=O) groups is 1.